The largest absolute Gasteiger partial charge is 0.494 e. The molecule has 0 spiro atoms. The molecule has 34 heavy (non-hydrogen) atoms. The third-order valence-electron chi connectivity index (χ3n) is 7.88. The van der Waals surface area contributed by atoms with Crippen LogP contribution in [0, 0.1) is 17.8 Å². The molecule has 1 fully saturated rings. The maximum atomic E-state index is 5.49. The van der Waals surface area contributed by atoms with E-state index in [4.69, 9.17) is 14.5 Å². The van der Waals surface area contributed by atoms with Gasteiger partial charge in [0.15, 0.2) is 0 Å². The van der Waals surface area contributed by atoms with Gasteiger partial charge < -0.3 is 19.4 Å². The Bertz CT molecular complexity index is 1100. The molecule has 3 aliphatic rings. The summed E-state index contributed by atoms with van der Waals surface area (Å²) >= 11 is 0. The molecule has 2 aromatic carbocycles. The molecule has 1 saturated carbocycles. The highest BCUT2D eigenvalue weighted by atomic mass is 16.5. The van der Waals surface area contributed by atoms with Crippen molar-refractivity contribution in [3.63, 3.8) is 0 Å². The van der Waals surface area contributed by atoms with Crippen LogP contribution in [0.2, 0.25) is 0 Å². The predicted octanol–water partition coefficient (Wildman–Crippen LogP) is 5.96. The Kier molecular flexibility index (Phi) is 6.91. The summed E-state index contributed by atoms with van der Waals surface area (Å²) in [5, 5.41) is 0. The van der Waals surface area contributed by atoms with Crippen LogP contribution in [0.4, 0.5) is 0 Å². The second-order valence-corrected chi connectivity index (χ2v) is 9.99. The fourth-order valence-corrected chi connectivity index (χ4v) is 6.01. The van der Waals surface area contributed by atoms with Crippen molar-refractivity contribution in [3.05, 3.63) is 59.9 Å². The first-order valence-electron chi connectivity index (χ1n) is 12.7. The molecule has 3 aromatic rings. The molecule has 0 aliphatic heterocycles. The van der Waals surface area contributed by atoms with Gasteiger partial charge in [-0.1, -0.05) is 36.4 Å². The first-order chi connectivity index (χ1) is 16.7. The summed E-state index contributed by atoms with van der Waals surface area (Å²) in [6, 6.07) is 14.9. The lowest BCUT2D eigenvalue weighted by molar-refractivity contribution is 0.191. The lowest BCUT2D eigenvalue weighted by Crippen LogP contribution is -2.32. The molecule has 0 saturated heterocycles. The number of allylic oxidation sites excluding steroid dienone is 2. The number of nitrogens with zero attached hydrogens (tertiary/aromatic N) is 2. The first-order valence-corrected chi connectivity index (χ1v) is 12.7. The summed E-state index contributed by atoms with van der Waals surface area (Å²) in [7, 11) is 5.63. The third-order valence-corrected chi connectivity index (χ3v) is 7.88. The standard InChI is InChI=1S/C29H37N3O2/c1-32(16-7-10-27-30-28-25(33-2)13-14-26(34-3)29(28)31-27)17-15-22-18-23-12-11-21(22)19-24(23)20-8-5-4-6-9-20/h4-6,8-9,13-14,19,21-23H,7,10-12,15-18H2,1-3H3,(H,30,31)/t21-,22?,23+/m0/s1. The van der Waals surface area contributed by atoms with E-state index in [-0.39, 0.29) is 0 Å². The number of nitrogens with one attached hydrogen (secondary N) is 1. The lowest BCUT2D eigenvalue weighted by Gasteiger charge is -2.42. The minimum atomic E-state index is 0.754. The first kappa shape index (κ1) is 23.0. The van der Waals surface area contributed by atoms with E-state index in [1.54, 1.807) is 19.8 Å². The molecule has 1 N–H and O–H groups in total. The lowest BCUT2D eigenvalue weighted by atomic mass is 9.63. The number of hydrogen-bond acceptors (Lipinski definition) is 4. The fraction of sp³-hybridized carbons (Fsp3) is 0.483. The van der Waals surface area contributed by atoms with Crippen LogP contribution in [0.1, 0.15) is 43.5 Å². The van der Waals surface area contributed by atoms with Crippen molar-refractivity contribution in [1.82, 2.24) is 14.9 Å². The summed E-state index contributed by atoms with van der Waals surface area (Å²) in [6.07, 6.45) is 10.0. The van der Waals surface area contributed by atoms with Crippen LogP contribution in [0.5, 0.6) is 11.5 Å². The zero-order valence-corrected chi connectivity index (χ0v) is 20.7. The van der Waals surface area contributed by atoms with E-state index in [2.05, 4.69) is 53.3 Å². The number of methoxy groups -OCH3 is 2. The minimum Gasteiger partial charge on any atom is -0.494 e. The molecule has 1 unspecified atom stereocenters. The van der Waals surface area contributed by atoms with E-state index in [1.165, 1.54) is 37.8 Å². The Labute approximate surface area is 203 Å². The molecule has 5 heteroatoms. The van der Waals surface area contributed by atoms with Crippen LogP contribution in [-0.2, 0) is 6.42 Å². The highest BCUT2D eigenvalue weighted by molar-refractivity contribution is 5.87. The van der Waals surface area contributed by atoms with E-state index in [9.17, 15) is 0 Å². The number of imidazole rings is 1. The van der Waals surface area contributed by atoms with Crippen molar-refractivity contribution in [2.45, 2.75) is 38.5 Å². The Morgan fingerprint density at radius 3 is 2.53 bits per heavy atom. The van der Waals surface area contributed by atoms with Gasteiger partial charge in [-0.2, -0.15) is 0 Å². The molecular weight excluding hydrogens is 422 g/mol. The number of aromatic amines is 1. The van der Waals surface area contributed by atoms with Crippen molar-refractivity contribution in [2.24, 2.45) is 17.8 Å². The van der Waals surface area contributed by atoms with Crippen LogP contribution in [-0.4, -0.2) is 49.2 Å². The van der Waals surface area contributed by atoms with Gasteiger partial charge in [-0.25, -0.2) is 4.98 Å². The molecule has 5 nitrogen and oxygen atoms in total. The van der Waals surface area contributed by atoms with Gasteiger partial charge in [0.05, 0.1) is 14.2 Å². The minimum absolute atomic E-state index is 0.754. The summed E-state index contributed by atoms with van der Waals surface area (Å²) in [5.74, 6) is 4.93. The maximum absolute atomic E-state index is 5.49. The van der Waals surface area contributed by atoms with Crippen molar-refractivity contribution >= 4 is 16.6 Å². The Balaban J connectivity index is 1.12. The van der Waals surface area contributed by atoms with Crippen molar-refractivity contribution in [2.75, 3.05) is 34.4 Å². The highest BCUT2D eigenvalue weighted by Gasteiger charge is 2.36. The number of H-pyrrole nitrogens is 1. The van der Waals surface area contributed by atoms with Crippen molar-refractivity contribution in [1.29, 1.82) is 0 Å². The highest BCUT2D eigenvalue weighted by Crippen LogP contribution is 2.48. The fourth-order valence-electron chi connectivity index (χ4n) is 6.01. The third kappa shape index (κ3) is 4.72. The van der Waals surface area contributed by atoms with Gasteiger partial charge in [0.2, 0.25) is 0 Å². The topological polar surface area (TPSA) is 50.4 Å². The zero-order chi connectivity index (χ0) is 23.5. The number of ether oxygens (including phenoxy) is 2. The predicted molar refractivity (Wildman–Crippen MR) is 138 cm³/mol. The molecule has 0 amide bonds. The normalized spacial score (nSPS) is 21.8. The Hall–Kier alpha value is -2.79. The van der Waals surface area contributed by atoms with Gasteiger partial charge >= 0.3 is 0 Å². The molecule has 2 bridgehead atoms. The summed E-state index contributed by atoms with van der Waals surface area (Å²) in [6.45, 7) is 2.25. The molecule has 1 aromatic heterocycles. The van der Waals surface area contributed by atoms with Gasteiger partial charge in [-0.3, -0.25) is 0 Å². The van der Waals surface area contributed by atoms with Crippen LogP contribution in [0.3, 0.4) is 0 Å². The number of fused-ring (bicyclic) bond motifs is 3. The number of hydrogen-bond donors (Lipinski definition) is 1. The van der Waals surface area contributed by atoms with Gasteiger partial charge in [-0.15, -0.1) is 0 Å². The van der Waals surface area contributed by atoms with Crippen LogP contribution in [0.25, 0.3) is 16.6 Å². The van der Waals surface area contributed by atoms with Gasteiger partial charge in [0.1, 0.15) is 28.4 Å². The van der Waals surface area contributed by atoms with Gasteiger partial charge in [0, 0.05) is 6.42 Å². The van der Waals surface area contributed by atoms with Crippen LogP contribution in [0.15, 0.2) is 48.5 Å². The van der Waals surface area contributed by atoms with Gasteiger partial charge in [0.25, 0.3) is 0 Å². The monoisotopic (exact) mass is 459 g/mol. The number of rotatable bonds is 10. The molecule has 0 radical (unpaired) electrons. The van der Waals surface area contributed by atoms with Crippen LogP contribution >= 0.6 is 0 Å². The smallest absolute Gasteiger partial charge is 0.146 e. The second kappa shape index (κ2) is 10.2. The summed E-state index contributed by atoms with van der Waals surface area (Å²) < 4.78 is 11.0. The van der Waals surface area contributed by atoms with E-state index in [0.29, 0.717) is 0 Å². The average Bonchev–Trinajstić information content (AvgIpc) is 3.32. The van der Waals surface area contributed by atoms with Crippen molar-refractivity contribution < 1.29 is 9.47 Å². The molecule has 180 valence electrons. The number of benzene rings is 2. The molecule has 3 aliphatic carbocycles. The average molecular weight is 460 g/mol. The molecule has 3 atom stereocenters. The quantitative estimate of drug-likeness (QED) is 0.406. The Morgan fingerprint density at radius 1 is 1.00 bits per heavy atom. The van der Waals surface area contributed by atoms with Crippen molar-refractivity contribution in [3.8, 4) is 11.5 Å². The Morgan fingerprint density at radius 2 is 1.79 bits per heavy atom. The summed E-state index contributed by atoms with van der Waals surface area (Å²) in [5.41, 5.74) is 4.81. The zero-order valence-electron chi connectivity index (χ0n) is 20.7. The van der Waals surface area contributed by atoms with E-state index < -0.39 is 0 Å². The number of aryl methyl sites for hydroxylation is 1. The molecular formula is C29H37N3O2. The van der Waals surface area contributed by atoms with E-state index in [1.807, 2.05) is 12.1 Å². The second-order valence-electron chi connectivity index (χ2n) is 9.99. The summed E-state index contributed by atoms with van der Waals surface area (Å²) in [4.78, 5) is 10.7. The van der Waals surface area contributed by atoms with E-state index >= 15 is 0 Å². The van der Waals surface area contributed by atoms with Crippen LogP contribution < -0.4 is 9.47 Å². The van der Waals surface area contributed by atoms with E-state index in [0.717, 1.165) is 65.5 Å². The maximum Gasteiger partial charge on any atom is 0.146 e. The SMILES string of the molecule is COc1ccc(OC)c2[nH]c(CCCN(C)CCC3C[C@H]4CC[C@H]3C=C4c3ccccc3)nc12. The molecule has 6 rings (SSSR count). The number of aromatic nitrogens is 2. The molecule has 1 heterocycles. The van der Waals surface area contributed by atoms with Gasteiger partial charge in [-0.05, 0) is 93.3 Å².